The fourth-order valence-corrected chi connectivity index (χ4v) is 3.34. The molecule has 1 aliphatic rings. The Morgan fingerprint density at radius 3 is 2.85 bits per heavy atom. The Morgan fingerprint density at radius 1 is 1.37 bits per heavy atom. The molecule has 142 valence electrons. The van der Waals surface area contributed by atoms with Gasteiger partial charge in [-0.2, -0.15) is 5.26 Å². The summed E-state index contributed by atoms with van der Waals surface area (Å²) in [7, 11) is 0. The second-order valence-electron chi connectivity index (χ2n) is 7.72. The summed E-state index contributed by atoms with van der Waals surface area (Å²) in [5, 5.41) is 12.8. The average Bonchev–Trinajstić information content (AvgIpc) is 2.58. The van der Waals surface area contributed by atoms with E-state index in [1.807, 2.05) is 17.0 Å². The third kappa shape index (κ3) is 4.45. The Balaban J connectivity index is 1.84. The van der Waals surface area contributed by atoms with Crippen LogP contribution in [0.25, 0.3) is 10.9 Å². The minimum Gasteiger partial charge on any atom is -0.444 e. The van der Waals surface area contributed by atoms with Gasteiger partial charge in [0, 0.05) is 36.8 Å². The van der Waals surface area contributed by atoms with Crippen LogP contribution in [0.2, 0.25) is 0 Å². The van der Waals surface area contributed by atoms with Gasteiger partial charge in [-0.1, -0.05) is 0 Å². The molecular formula is C20H23FN4O2. The summed E-state index contributed by atoms with van der Waals surface area (Å²) in [5.41, 5.74) is 1.26. The number of nitriles is 1. The number of nitrogens with one attached hydrogen (secondary N) is 1. The molecule has 0 aliphatic carbocycles. The number of aromatic nitrogens is 1. The van der Waals surface area contributed by atoms with Crippen molar-refractivity contribution in [2.75, 3.05) is 18.0 Å². The molecule has 0 radical (unpaired) electrons. The minimum atomic E-state index is -1.08. The van der Waals surface area contributed by atoms with Gasteiger partial charge in [0.1, 0.15) is 17.8 Å². The number of halogens is 1. The number of alkyl carbamates (subject to hydrolysis) is 1. The summed E-state index contributed by atoms with van der Waals surface area (Å²) in [6.07, 6.45) is 0.241. The van der Waals surface area contributed by atoms with Crippen LogP contribution < -0.4 is 10.2 Å². The van der Waals surface area contributed by atoms with Crippen molar-refractivity contribution in [2.24, 2.45) is 0 Å². The van der Waals surface area contributed by atoms with Crippen molar-refractivity contribution in [3.63, 3.8) is 0 Å². The molecule has 1 aromatic carbocycles. The predicted octanol–water partition coefficient (Wildman–Crippen LogP) is 3.55. The van der Waals surface area contributed by atoms with Crippen molar-refractivity contribution < 1.29 is 13.9 Å². The molecule has 0 spiro atoms. The molecular weight excluding hydrogens is 347 g/mol. The topological polar surface area (TPSA) is 78.2 Å². The number of carbonyl (C=O) groups excluding carboxylic acids is 1. The maximum Gasteiger partial charge on any atom is 0.407 e. The summed E-state index contributed by atoms with van der Waals surface area (Å²) >= 11 is 0. The van der Waals surface area contributed by atoms with Crippen LogP contribution >= 0.6 is 0 Å². The highest BCUT2D eigenvalue weighted by Crippen LogP contribution is 2.30. The zero-order valence-corrected chi connectivity index (χ0v) is 15.7. The van der Waals surface area contributed by atoms with E-state index in [9.17, 15) is 14.4 Å². The van der Waals surface area contributed by atoms with E-state index in [1.54, 1.807) is 39.1 Å². The number of nitrogens with zero attached hydrogens (tertiary/aromatic N) is 3. The first-order valence-electron chi connectivity index (χ1n) is 8.93. The molecule has 1 saturated heterocycles. The summed E-state index contributed by atoms with van der Waals surface area (Å²) in [5.74, 6) is 0. The molecule has 1 amide bonds. The molecule has 27 heavy (non-hydrogen) atoms. The van der Waals surface area contributed by atoms with Gasteiger partial charge in [0.25, 0.3) is 0 Å². The molecule has 0 unspecified atom stereocenters. The highest BCUT2D eigenvalue weighted by molar-refractivity contribution is 5.95. The number of amides is 1. The van der Waals surface area contributed by atoms with Crippen LogP contribution in [0.3, 0.4) is 0 Å². The minimum absolute atomic E-state index is 0.225. The number of carbonyl (C=O) groups is 1. The lowest BCUT2D eigenvalue weighted by Gasteiger charge is -2.37. The molecule has 7 heteroatoms. The van der Waals surface area contributed by atoms with Crippen molar-refractivity contribution in [3.05, 3.63) is 36.0 Å². The first-order valence-corrected chi connectivity index (χ1v) is 8.93. The number of rotatable bonds is 2. The third-order valence-electron chi connectivity index (χ3n) is 4.33. The average molecular weight is 370 g/mol. The molecule has 2 atom stereocenters. The van der Waals surface area contributed by atoms with Crippen LogP contribution in [0.4, 0.5) is 14.9 Å². The fourth-order valence-electron chi connectivity index (χ4n) is 3.34. The Morgan fingerprint density at radius 2 is 2.15 bits per heavy atom. The lowest BCUT2D eigenvalue weighted by Crippen LogP contribution is -2.52. The highest BCUT2D eigenvalue weighted by Gasteiger charge is 2.30. The van der Waals surface area contributed by atoms with Crippen molar-refractivity contribution in [2.45, 2.75) is 45.0 Å². The fraction of sp³-hybridized carbons (Fsp3) is 0.450. The smallest absolute Gasteiger partial charge is 0.407 e. The van der Waals surface area contributed by atoms with Crippen molar-refractivity contribution in [1.82, 2.24) is 10.3 Å². The van der Waals surface area contributed by atoms with Crippen LogP contribution in [0, 0.1) is 11.3 Å². The number of ether oxygens (including phenoxy) is 1. The molecule has 2 aromatic rings. The van der Waals surface area contributed by atoms with Crippen LogP contribution in [0.5, 0.6) is 0 Å². The maximum absolute atomic E-state index is 14.4. The predicted molar refractivity (Wildman–Crippen MR) is 101 cm³/mol. The first-order chi connectivity index (χ1) is 12.8. The van der Waals surface area contributed by atoms with Crippen molar-refractivity contribution in [3.8, 4) is 6.07 Å². The first kappa shape index (κ1) is 18.9. The second-order valence-corrected chi connectivity index (χ2v) is 7.72. The molecule has 6 nitrogen and oxygen atoms in total. The van der Waals surface area contributed by atoms with E-state index in [-0.39, 0.29) is 19.0 Å². The van der Waals surface area contributed by atoms with Gasteiger partial charge >= 0.3 is 6.09 Å². The van der Waals surface area contributed by atoms with Crippen molar-refractivity contribution >= 4 is 22.7 Å². The summed E-state index contributed by atoms with van der Waals surface area (Å²) < 4.78 is 19.7. The third-order valence-corrected chi connectivity index (χ3v) is 4.33. The lowest BCUT2D eigenvalue weighted by molar-refractivity contribution is 0.0491. The molecule has 1 aromatic heterocycles. The van der Waals surface area contributed by atoms with Gasteiger partial charge in [-0.15, -0.1) is 0 Å². The van der Waals surface area contributed by atoms with Crippen LogP contribution in [-0.4, -0.2) is 42.0 Å². The van der Waals surface area contributed by atoms with Gasteiger partial charge in [-0.25, -0.2) is 9.18 Å². The van der Waals surface area contributed by atoms with Crippen LogP contribution in [0.1, 0.15) is 32.8 Å². The highest BCUT2D eigenvalue weighted by atomic mass is 19.1. The number of benzene rings is 1. The van der Waals surface area contributed by atoms with E-state index in [1.165, 1.54) is 0 Å². The standard InChI is InChI=1S/C20H23FN4O2/c1-20(2,3)27-19(26)24-15-9-14(21)11-25(12-15)17-7-6-13(10-22)18-16(17)5-4-8-23-18/h4-8,14-15H,9,11-12H2,1-3H3,(H,24,26)/t14-,15+/m0/s1. The zero-order chi connectivity index (χ0) is 19.6. The number of pyridine rings is 1. The van der Waals surface area contributed by atoms with E-state index in [4.69, 9.17) is 4.74 Å². The van der Waals surface area contributed by atoms with Crippen LogP contribution in [0.15, 0.2) is 30.5 Å². The Kier molecular flexibility index (Phi) is 5.17. The van der Waals surface area contributed by atoms with Gasteiger partial charge in [-0.3, -0.25) is 4.98 Å². The second kappa shape index (κ2) is 7.39. The Hall–Kier alpha value is -2.88. The SMILES string of the molecule is CC(C)(C)OC(=O)N[C@@H]1C[C@H](F)CN(c2ccc(C#N)c3ncccc23)C1. The van der Waals surface area contributed by atoms with Gasteiger partial charge in [-0.05, 0) is 45.0 Å². The number of alkyl halides is 1. The number of fused-ring (bicyclic) bond motifs is 1. The molecule has 1 aliphatic heterocycles. The summed E-state index contributed by atoms with van der Waals surface area (Å²) in [6.45, 7) is 6.03. The Labute approximate surface area is 157 Å². The number of hydrogen-bond donors (Lipinski definition) is 1. The quantitative estimate of drug-likeness (QED) is 0.875. The largest absolute Gasteiger partial charge is 0.444 e. The molecule has 0 bridgehead atoms. The van der Waals surface area contributed by atoms with E-state index in [2.05, 4.69) is 16.4 Å². The van der Waals surface area contributed by atoms with Crippen molar-refractivity contribution in [1.29, 1.82) is 5.26 Å². The van der Waals surface area contributed by atoms with Gasteiger partial charge < -0.3 is 15.0 Å². The molecule has 0 saturated carbocycles. The van der Waals surface area contributed by atoms with E-state index in [0.717, 1.165) is 11.1 Å². The summed E-state index contributed by atoms with van der Waals surface area (Å²) in [4.78, 5) is 18.2. The number of piperidine rings is 1. The van der Waals surface area contributed by atoms with Gasteiger partial charge in [0.2, 0.25) is 0 Å². The number of anilines is 1. The Bertz CT molecular complexity index is 888. The molecule has 2 heterocycles. The zero-order valence-electron chi connectivity index (χ0n) is 15.7. The monoisotopic (exact) mass is 370 g/mol. The molecule has 3 rings (SSSR count). The molecule has 1 fully saturated rings. The van der Waals surface area contributed by atoms with E-state index < -0.39 is 17.9 Å². The maximum atomic E-state index is 14.4. The molecule has 1 N–H and O–H groups in total. The van der Waals surface area contributed by atoms with Gasteiger partial charge in [0.15, 0.2) is 0 Å². The summed E-state index contributed by atoms with van der Waals surface area (Å²) in [6, 6.07) is 8.94. The van der Waals surface area contributed by atoms with E-state index >= 15 is 0 Å². The van der Waals surface area contributed by atoms with E-state index in [0.29, 0.717) is 17.6 Å². The lowest BCUT2D eigenvalue weighted by atomic mass is 10.0. The van der Waals surface area contributed by atoms with Gasteiger partial charge in [0.05, 0.1) is 17.1 Å². The number of hydrogen-bond acceptors (Lipinski definition) is 5. The normalized spacial score (nSPS) is 20.2. The van der Waals surface area contributed by atoms with Crippen LogP contribution in [-0.2, 0) is 4.74 Å².